The molecule has 1 aliphatic rings. The lowest BCUT2D eigenvalue weighted by atomic mass is 9.81. The largest absolute Gasteiger partial charge is 0.311 e. The van der Waals surface area contributed by atoms with E-state index in [0.29, 0.717) is 0 Å². The van der Waals surface area contributed by atoms with Crippen molar-refractivity contribution in [3.63, 3.8) is 0 Å². The van der Waals surface area contributed by atoms with Gasteiger partial charge in [-0.2, -0.15) is 0 Å². The summed E-state index contributed by atoms with van der Waals surface area (Å²) in [6.07, 6.45) is 0. The van der Waals surface area contributed by atoms with Crippen molar-refractivity contribution in [3.8, 4) is 44.5 Å². The molecule has 292 valence electrons. The first kappa shape index (κ1) is 36.1. The second kappa shape index (κ2) is 14.2. The summed E-state index contributed by atoms with van der Waals surface area (Å²) >= 11 is 0. The monoisotopic (exact) mass is 789 g/mol. The zero-order valence-corrected chi connectivity index (χ0v) is 34.8. The van der Waals surface area contributed by atoms with Gasteiger partial charge in [0.15, 0.2) is 0 Å². The molecule has 0 aromatic heterocycles. The highest BCUT2D eigenvalue weighted by atomic mass is 15.1. The summed E-state index contributed by atoms with van der Waals surface area (Å²) in [6, 6.07) is 83.0. The topological polar surface area (TPSA) is 3.24 Å². The lowest BCUT2D eigenvalue weighted by molar-refractivity contribution is 0.660. The highest BCUT2D eigenvalue weighted by molar-refractivity contribution is 6.10. The van der Waals surface area contributed by atoms with Crippen molar-refractivity contribution >= 4 is 60.2 Å². The molecule has 0 heterocycles. The van der Waals surface area contributed by atoms with Gasteiger partial charge in [-0.15, -0.1) is 0 Å². The molecule has 0 saturated carbocycles. The molecule has 0 aliphatic heterocycles. The third kappa shape index (κ3) is 5.92. The van der Waals surface area contributed by atoms with Crippen molar-refractivity contribution in [2.45, 2.75) is 19.3 Å². The van der Waals surface area contributed by atoms with Crippen molar-refractivity contribution in [1.29, 1.82) is 0 Å². The maximum Gasteiger partial charge on any atom is 0.0462 e. The summed E-state index contributed by atoms with van der Waals surface area (Å²) in [7, 11) is 0. The van der Waals surface area contributed by atoms with E-state index in [2.05, 4.69) is 243 Å². The second-order valence-electron chi connectivity index (χ2n) is 17.4. The summed E-state index contributed by atoms with van der Waals surface area (Å²) in [4.78, 5) is 2.38. The minimum Gasteiger partial charge on any atom is -0.311 e. The number of fused-ring (bicyclic) bond motifs is 9. The highest BCUT2D eigenvalue weighted by Gasteiger charge is 2.35. The molecule has 0 unspecified atom stereocenters. The Morgan fingerprint density at radius 1 is 0.274 bits per heavy atom. The molecule has 0 spiro atoms. The Balaban J connectivity index is 0.920. The molecule has 1 nitrogen and oxygen atoms in total. The minimum absolute atomic E-state index is 0.0434. The molecule has 0 fully saturated rings. The van der Waals surface area contributed by atoms with Crippen LogP contribution < -0.4 is 4.90 Å². The molecule has 1 aliphatic carbocycles. The number of benzene rings is 11. The first-order valence-electron chi connectivity index (χ1n) is 21.7. The van der Waals surface area contributed by atoms with Crippen molar-refractivity contribution in [1.82, 2.24) is 0 Å². The molecule has 0 N–H and O–H groups in total. The minimum atomic E-state index is -0.0434. The van der Waals surface area contributed by atoms with Crippen molar-refractivity contribution in [2.75, 3.05) is 4.90 Å². The van der Waals surface area contributed by atoms with Gasteiger partial charge in [0, 0.05) is 22.5 Å². The van der Waals surface area contributed by atoms with Crippen LogP contribution in [0.5, 0.6) is 0 Å². The van der Waals surface area contributed by atoms with E-state index in [1.807, 2.05) is 0 Å². The smallest absolute Gasteiger partial charge is 0.0462 e. The van der Waals surface area contributed by atoms with Crippen LogP contribution in [-0.4, -0.2) is 0 Å². The lowest BCUT2D eigenvalue weighted by Gasteiger charge is -2.26. The Kier molecular flexibility index (Phi) is 8.27. The van der Waals surface area contributed by atoms with E-state index in [0.717, 1.165) is 17.1 Å². The van der Waals surface area contributed by atoms with Crippen LogP contribution in [0.4, 0.5) is 17.1 Å². The number of nitrogens with zero attached hydrogens (tertiary/aromatic N) is 1. The maximum atomic E-state index is 2.41. The van der Waals surface area contributed by atoms with Crippen LogP contribution in [0.1, 0.15) is 25.0 Å². The van der Waals surface area contributed by atoms with Crippen molar-refractivity contribution in [2.24, 2.45) is 0 Å². The predicted octanol–water partition coefficient (Wildman–Crippen LogP) is 17.1. The number of anilines is 3. The molecule has 0 saturated heterocycles. The van der Waals surface area contributed by atoms with Gasteiger partial charge in [0.05, 0.1) is 0 Å². The van der Waals surface area contributed by atoms with E-state index in [-0.39, 0.29) is 5.41 Å². The van der Waals surface area contributed by atoms with E-state index < -0.39 is 0 Å². The van der Waals surface area contributed by atoms with Gasteiger partial charge in [-0.3, -0.25) is 0 Å². The Bertz CT molecular complexity index is 3360. The Morgan fingerprint density at radius 2 is 0.629 bits per heavy atom. The van der Waals surface area contributed by atoms with Gasteiger partial charge in [-0.05, 0) is 153 Å². The summed E-state index contributed by atoms with van der Waals surface area (Å²) in [5.41, 5.74) is 16.0. The predicted molar refractivity (Wildman–Crippen MR) is 265 cm³/mol. The molecule has 0 radical (unpaired) electrons. The molecule has 11 aromatic carbocycles. The normalized spacial score (nSPS) is 12.8. The van der Waals surface area contributed by atoms with E-state index in [4.69, 9.17) is 0 Å². The van der Waals surface area contributed by atoms with Gasteiger partial charge in [-0.25, -0.2) is 0 Å². The summed E-state index contributed by atoms with van der Waals surface area (Å²) in [5, 5.41) is 10.2. The van der Waals surface area contributed by atoms with E-state index >= 15 is 0 Å². The van der Waals surface area contributed by atoms with Gasteiger partial charge in [0.1, 0.15) is 0 Å². The van der Waals surface area contributed by atoms with Crippen LogP contribution in [0.2, 0.25) is 0 Å². The van der Waals surface area contributed by atoms with Crippen LogP contribution in [0.25, 0.3) is 87.6 Å². The Hall–Kier alpha value is -7.74. The SMILES string of the molecule is CC1(C)c2ccccc2-c2ccc(-c3ccc(N(c4ccc(-c5ccc6ccc7ccccc7c6c5)cc4)c4ccc(-c5ccc6ccc7ccccc7c6c5)cc4)cc3)cc21. The Labute approximate surface area is 362 Å². The summed E-state index contributed by atoms with van der Waals surface area (Å²) in [6.45, 7) is 4.70. The molecule has 12 rings (SSSR count). The third-order valence-electron chi connectivity index (χ3n) is 13.5. The molecule has 11 aromatic rings. The number of hydrogen-bond donors (Lipinski definition) is 0. The zero-order chi connectivity index (χ0) is 41.4. The maximum absolute atomic E-state index is 2.41. The van der Waals surface area contributed by atoms with Crippen LogP contribution >= 0.6 is 0 Å². The third-order valence-corrected chi connectivity index (χ3v) is 13.5. The fraction of sp³-hybridized carbons (Fsp3) is 0.0492. The van der Waals surface area contributed by atoms with Crippen molar-refractivity contribution < 1.29 is 0 Å². The second-order valence-corrected chi connectivity index (χ2v) is 17.4. The molecule has 0 bridgehead atoms. The summed E-state index contributed by atoms with van der Waals surface area (Å²) < 4.78 is 0. The van der Waals surface area contributed by atoms with Gasteiger partial charge in [0.25, 0.3) is 0 Å². The van der Waals surface area contributed by atoms with E-state index in [9.17, 15) is 0 Å². The van der Waals surface area contributed by atoms with Gasteiger partial charge in [-0.1, -0.05) is 184 Å². The number of hydrogen-bond acceptors (Lipinski definition) is 1. The first-order valence-corrected chi connectivity index (χ1v) is 21.7. The quantitative estimate of drug-likeness (QED) is 0.152. The molecule has 62 heavy (non-hydrogen) atoms. The van der Waals surface area contributed by atoms with Gasteiger partial charge < -0.3 is 4.90 Å². The molecule has 1 heteroatoms. The Morgan fingerprint density at radius 3 is 1.13 bits per heavy atom. The van der Waals surface area contributed by atoms with Gasteiger partial charge in [0.2, 0.25) is 0 Å². The average molecular weight is 790 g/mol. The van der Waals surface area contributed by atoms with Crippen LogP contribution in [-0.2, 0) is 5.41 Å². The molecular formula is C61H43N. The standard InChI is InChI=1S/C61H43N/c1-61(2)59-14-8-7-13-55(59)56-36-29-49(39-60(56)61)42-27-34-52(35-28-42)62(50-30-23-40(24-31-50)47-21-19-45-17-15-43-9-3-5-11-53(43)57(45)37-47)51-32-25-41(26-33-51)48-22-20-46-18-16-44-10-4-6-12-54(44)58(46)38-48/h3-39H,1-2H3. The molecule has 0 amide bonds. The average Bonchev–Trinajstić information content (AvgIpc) is 3.57. The van der Waals surface area contributed by atoms with Crippen LogP contribution in [0.3, 0.4) is 0 Å². The first-order chi connectivity index (χ1) is 30.5. The fourth-order valence-corrected chi connectivity index (χ4v) is 10.1. The van der Waals surface area contributed by atoms with Gasteiger partial charge >= 0.3 is 0 Å². The lowest BCUT2D eigenvalue weighted by Crippen LogP contribution is -2.14. The molecule has 0 atom stereocenters. The molecular weight excluding hydrogens is 747 g/mol. The zero-order valence-electron chi connectivity index (χ0n) is 34.8. The van der Waals surface area contributed by atoms with E-state index in [1.165, 1.54) is 98.7 Å². The fourth-order valence-electron chi connectivity index (χ4n) is 10.1. The van der Waals surface area contributed by atoms with Crippen LogP contribution in [0.15, 0.2) is 224 Å². The number of rotatable bonds is 6. The highest BCUT2D eigenvalue weighted by Crippen LogP contribution is 2.50. The summed E-state index contributed by atoms with van der Waals surface area (Å²) in [5.74, 6) is 0. The van der Waals surface area contributed by atoms with Crippen molar-refractivity contribution in [3.05, 3.63) is 236 Å². The van der Waals surface area contributed by atoms with E-state index in [1.54, 1.807) is 0 Å². The van der Waals surface area contributed by atoms with Crippen LogP contribution in [0, 0.1) is 0 Å².